The van der Waals surface area contributed by atoms with E-state index in [1.54, 1.807) is 11.8 Å². The van der Waals surface area contributed by atoms with Crippen LogP contribution in [-0.2, 0) is 16.0 Å². The summed E-state index contributed by atoms with van der Waals surface area (Å²) >= 11 is 0. The number of piperidine rings is 1. The van der Waals surface area contributed by atoms with Gasteiger partial charge in [0.2, 0.25) is 17.7 Å². The summed E-state index contributed by atoms with van der Waals surface area (Å²) < 4.78 is 18.9. The minimum atomic E-state index is -0.625. The monoisotopic (exact) mass is 372 g/mol. The molecule has 0 saturated carbocycles. The maximum atomic E-state index is 13.7. The molecule has 2 aliphatic rings. The Kier molecular flexibility index (Phi) is 4.63. The van der Waals surface area contributed by atoms with E-state index in [2.05, 4.69) is 15.5 Å². The number of rotatable bonds is 3. The first-order chi connectivity index (χ1) is 13.0. The molecule has 3 heterocycles. The molecule has 4 rings (SSSR count). The number of likely N-dealkylation sites (tertiary alicyclic amines) is 1. The van der Waals surface area contributed by atoms with Crippen LogP contribution in [0.15, 0.2) is 22.7 Å². The second-order valence-corrected chi connectivity index (χ2v) is 7.24. The van der Waals surface area contributed by atoms with Crippen molar-refractivity contribution >= 4 is 17.5 Å². The minimum Gasteiger partial charge on any atom is -0.342 e. The Labute approximate surface area is 155 Å². The van der Waals surface area contributed by atoms with Crippen LogP contribution in [0, 0.1) is 18.7 Å². The summed E-state index contributed by atoms with van der Waals surface area (Å²) in [5.41, 5.74) is 1.08. The largest absolute Gasteiger partial charge is 0.342 e. The Hall–Kier alpha value is -2.77. The number of halogens is 1. The number of carbonyl (C=O) groups is 2. The molecule has 2 amide bonds. The van der Waals surface area contributed by atoms with Gasteiger partial charge in [-0.3, -0.25) is 9.59 Å². The Morgan fingerprint density at radius 1 is 1.37 bits per heavy atom. The molecule has 0 spiro atoms. The maximum Gasteiger partial charge on any atom is 0.230 e. The number of benzene rings is 1. The number of aryl methyl sites for hydroxylation is 1. The summed E-state index contributed by atoms with van der Waals surface area (Å²) in [7, 11) is 0. The molecule has 0 bridgehead atoms. The Morgan fingerprint density at radius 2 is 2.15 bits per heavy atom. The second-order valence-electron chi connectivity index (χ2n) is 7.24. The highest BCUT2D eigenvalue weighted by atomic mass is 19.1. The number of hydrogen-bond donors (Lipinski definition) is 1. The average Bonchev–Trinajstić information content (AvgIpc) is 3.06. The van der Waals surface area contributed by atoms with Crippen LogP contribution in [0.4, 0.5) is 10.1 Å². The van der Waals surface area contributed by atoms with Gasteiger partial charge in [-0.2, -0.15) is 4.98 Å². The first kappa shape index (κ1) is 17.6. The summed E-state index contributed by atoms with van der Waals surface area (Å²) in [5.74, 6) is 0.284. The minimum absolute atomic E-state index is 0.0521. The molecular formula is C19H21FN4O3. The molecule has 2 aromatic rings. The van der Waals surface area contributed by atoms with E-state index < -0.39 is 11.7 Å². The van der Waals surface area contributed by atoms with Crippen LogP contribution in [0.25, 0.3) is 0 Å². The molecule has 0 aliphatic carbocycles. The van der Waals surface area contributed by atoms with Gasteiger partial charge in [0, 0.05) is 31.6 Å². The van der Waals surface area contributed by atoms with Crippen LogP contribution < -0.4 is 5.32 Å². The normalized spacial score (nSPS) is 20.3. The summed E-state index contributed by atoms with van der Waals surface area (Å²) in [4.78, 5) is 31.0. The number of fused-ring (bicyclic) bond motifs is 1. The molecular weight excluding hydrogens is 351 g/mol. The van der Waals surface area contributed by atoms with Crippen LogP contribution in [0.3, 0.4) is 0 Å². The predicted molar refractivity (Wildman–Crippen MR) is 94.4 cm³/mol. The van der Waals surface area contributed by atoms with Crippen LogP contribution in [0.5, 0.6) is 0 Å². The number of nitrogens with one attached hydrogen (secondary N) is 1. The molecule has 142 valence electrons. The zero-order chi connectivity index (χ0) is 19.0. The van der Waals surface area contributed by atoms with Gasteiger partial charge in [0.25, 0.3) is 0 Å². The highest BCUT2D eigenvalue weighted by Crippen LogP contribution is 2.35. The molecule has 1 atom stereocenters. The SMILES string of the molecule is Cc1noc(CC2CCN(C(=O)C3CC(=O)Nc4ccc(F)cc43)CC2)n1. The lowest BCUT2D eigenvalue weighted by Gasteiger charge is -2.35. The van der Waals surface area contributed by atoms with Gasteiger partial charge in [-0.25, -0.2) is 4.39 Å². The summed E-state index contributed by atoms with van der Waals surface area (Å²) in [6.45, 7) is 3.01. The van der Waals surface area contributed by atoms with Gasteiger partial charge in [0.05, 0.1) is 5.92 Å². The first-order valence-electron chi connectivity index (χ1n) is 9.17. The van der Waals surface area contributed by atoms with Crippen molar-refractivity contribution in [1.29, 1.82) is 0 Å². The first-order valence-corrected chi connectivity index (χ1v) is 9.17. The van der Waals surface area contributed by atoms with E-state index in [0.29, 0.717) is 48.4 Å². The lowest BCUT2D eigenvalue weighted by atomic mass is 9.87. The van der Waals surface area contributed by atoms with E-state index in [1.165, 1.54) is 18.2 Å². The van der Waals surface area contributed by atoms with Crippen molar-refractivity contribution in [1.82, 2.24) is 15.0 Å². The molecule has 1 aromatic heterocycles. The third-order valence-corrected chi connectivity index (χ3v) is 5.31. The Bertz CT molecular complexity index is 874. The molecule has 27 heavy (non-hydrogen) atoms. The Morgan fingerprint density at radius 3 is 2.85 bits per heavy atom. The van der Waals surface area contributed by atoms with Gasteiger partial charge in [-0.15, -0.1) is 0 Å². The van der Waals surface area contributed by atoms with E-state index in [-0.39, 0.29) is 18.2 Å². The van der Waals surface area contributed by atoms with Crippen molar-refractivity contribution < 1.29 is 18.5 Å². The van der Waals surface area contributed by atoms with E-state index in [9.17, 15) is 14.0 Å². The number of nitrogens with zero attached hydrogens (tertiary/aromatic N) is 3. The lowest BCUT2D eigenvalue weighted by Crippen LogP contribution is -2.43. The number of anilines is 1. The fourth-order valence-electron chi connectivity index (χ4n) is 3.90. The number of carbonyl (C=O) groups excluding carboxylic acids is 2. The molecule has 1 N–H and O–H groups in total. The maximum absolute atomic E-state index is 13.7. The fourth-order valence-corrected chi connectivity index (χ4v) is 3.90. The smallest absolute Gasteiger partial charge is 0.230 e. The van der Waals surface area contributed by atoms with Gasteiger partial charge in [-0.1, -0.05) is 5.16 Å². The van der Waals surface area contributed by atoms with Gasteiger partial charge in [0.15, 0.2) is 5.82 Å². The van der Waals surface area contributed by atoms with Crippen molar-refractivity contribution in [3.05, 3.63) is 41.3 Å². The van der Waals surface area contributed by atoms with Crippen LogP contribution >= 0.6 is 0 Å². The average molecular weight is 372 g/mol. The molecule has 8 heteroatoms. The number of amides is 2. The highest BCUT2D eigenvalue weighted by molar-refractivity contribution is 6.01. The molecule has 1 fully saturated rings. The van der Waals surface area contributed by atoms with Crippen LogP contribution in [0.2, 0.25) is 0 Å². The molecule has 1 unspecified atom stereocenters. The summed E-state index contributed by atoms with van der Waals surface area (Å²) in [6, 6.07) is 4.15. The van der Waals surface area contributed by atoms with Crippen molar-refractivity contribution in [3.63, 3.8) is 0 Å². The van der Waals surface area contributed by atoms with E-state index in [0.717, 1.165) is 12.8 Å². The van der Waals surface area contributed by atoms with Gasteiger partial charge < -0.3 is 14.7 Å². The summed E-state index contributed by atoms with van der Waals surface area (Å²) in [5, 5.41) is 6.51. The number of hydrogen-bond acceptors (Lipinski definition) is 5. The topological polar surface area (TPSA) is 88.3 Å². The fraction of sp³-hybridized carbons (Fsp3) is 0.474. The van der Waals surface area contributed by atoms with Crippen LogP contribution in [0.1, 0.15) is 42.5 Å². The molecule has 7 nitrogen and oxygen atoms in total. The van der Waals surface area contributed by atoms with Crippen molar-refractivity contribution in [2.75, 3.05) is 18.4 Å². The lowest BCUT2D eigenvalue weighted by molar-refractivity contribution is -0.136. The third-order valence-electron chi connectivity index (χ3n) is 5.31. The van der Waals surface area contributed by atoms with E-state index in [4.69, 9.17) is 4.52 Å². The molecule has 2 aliphatic heterocycles. The van der Waals surface area contributed by atoms with E-state index in [1.807, 2.05) is 0 Å². The van der Waals surface area contributed by atoms with Gasteiger partial charge >= 0.3 is 0 Å². The van der Waals surface area contributed by atoms with Crippen LogP contribution in [-0.4, -0.2) is 39.9 Å². The van der Waals surface area contributed by atoms with Crippen molar-refractivity contribution in [2.45, 2.75) is 38.5 Å². The Balaban J connectivity index is 1.42. The quantitative estimate of drug-likeness (QED) is 0.894. The second kappa shape index (κ2) is 7.09. The third kappa shape index (κ3) is 3.70. The standard InChI is InChI=1S/C19H21FN4O3/c1-11-21-18(27-23-11)8-12-4-6-24(7-5-12)19(26)15-10-17(25)22-16-3-2-13(20)9-14(15)16/h2-3,9,12,15H,4-8,10H2,1H3,(H,22,25). The van der Waals surface area contributed by atoms with E-state index >= 15 is 0 Å². The summed E-state index contributed by atoms with van der Waals surface area (Å²) in [6.07, 6.45) is 2.43. The van der Waals surface area contributed by atoms with Gasteiger partial charge in [0.1, 0.15) is 5.82 Å². The molecule has 1 saturated heterocycles. The zero-order valence-electron chi connectivity index (χ0n) is 15.1. The molecule has 0 radical (unpaired) electrons. The van der Waals surface area contributed by atoms with Crippen molar-refractivity contribution in [2.24, 2.45) is 5.92 Å². The predicted octanol–water partition coefficient (Wildman–Crippen LogP) is 2.42. The van der Waals surface area contributed by atoms with Gasteiger partial charge in [-0.05, 0) is 49.4 Å². The number of aromatic nitrogens is 2. The molecule has 1 aromatic carbocycles. The highest BCUT2D eigenvalue weighted by Gasteiger charge is 2.35. The zero-order valence-corrected chi connectivity index (χ0v) is 15.1. The van der Waals surface area contributed by atoms with Crippen molar-refractivity contribution in [3.8, 4) is 0 Å².